The highest BCUT2D eigenvalue weighted by atomic mass is 16.1. The van der Waals surface area contributed by atoms with Crippen LogP contribution < -0.4 is 16.0 Å². The Morgan fingerprint density at radius 3 is 2.27 bits per heavy atom. The van der Waals surface area contributed by atoms with Gasteiger partial charge in [-0.2, -0.15) is 0 Å². The van der Waals surface area contributed by atoms with Crippen LogP contribution in [0.25, 0.3) is 0 Å². The highest BCUT2D eigenvalue weighted by Crippen LogP contribution is 2.68. The number of fused-ring (bicyclic) bond motifs is 5. The first-order valence-corrected chi connectivity index (χ1v) is 16.1. The van der Waals surface area contributed by atoms with Gasteiger partial charge in [0.25, 0.3) is 0 Å². The molecule has 4 saturated carbocycles. The van der Waals surface area contributed by atoms with E-state index in [-0.39, 0.29) is 5.92 Å². The van der Waals surface area contributed by atoms with Gasteiger partial charge in [-0.25, -0.2) is 0 Å². The zero-order valence-corrected chi connectivity index (χ0v) is 25.4. The quantitative estimate of drug-likeness (QED) is 0.274. The lowest BCUT2D eigenvalue weighted by molar-refractivity contribution is -0.139. The van der Waals surface area contributed by atoms with Gasteiger partial charge in [0.15, 0.2) is 0 Å². The molecule has 0 spiro atoms. The van der Waals surface area contributed by atoms with Gasteiger partial charge in [-0.15, -0.1) is 0 Å². The van der Waals surface area contributed by atoms with Crippen molar-refractivity contribution in [3.63, 3.8) is 0 Å². The average Bonchev–Trinajstić information content (AvgIpc) is 3.23. The molecule has 213 valence electrons. The molecule has 2 unspecified atom stereocenters. The molecular weight excluding hydrogens is 454 g/mol. The van der Waals surface area contributed by atoms with Gasteiger partial charge in [0.1, 0.15) is 6.17 Å². The molecule has 0 saturated heterocycles. The standard InChI is InChI=1S/C33H60N3O/c1-22(2)9-8-10-23(3)27-13-14-28-26-12-11-25-21-24(31(37)36-20-17-30(34-6)35-7)15-18-32(25,4)29(26)16-19-33(27,28)5/h22-29,34-35H,8-21H2,1-7H3,(H,36,37)/t23-,24?,25?,26+,27-,28+,29+,32+,33-/m1/s1. The van der Waals surface area contributed by atoms with E-state index in [9.17, 15) is 4.79 Å². The SMILES string of the molecule is CN[C](CCNC(=O)C1CC[C@@]2(C)C(CC[C@H]3[C@@H]4CC[C@H]([C@H](C)CCCC(C)C)[C@@]4(C)CC[C@@H]32)C1)NC. The molecule has 3 N–H and O–H groups in total. The summed E-state index contributed by atoms with van der Waals surface area (Å²) in [5.74, 6) is 6.73. The Morgan fingerprint density at radius 1 is 0.865 bits per heavy atom. The summed E-state index contributed by atoms with van der Waals surface area (Å²) in [4.78, 5) is 13.1. The van der Waals surface area contributed by atoms with Crippen LogP contribution in [0.4, 0.5) is 0 Å². The molecule has 4 fully saturated rings. The summed E-state index contributed by atoms with van der Waals surface area (Å²) in [5.41, 5.74) is 1.04. The van der Waals surface area contributed by atoms with Gasteiger partial charge in [-0.1, -0.05) is 53.9 Å². The molecular formula is C33H60N3O. The smallest absolute Gasteiger partial charge is 0.223 e. The molecule has 0 heterocycles. The molecule has 37 heavy (non-hydrogen) atoms. The molecule has 4 nitrogen and oxygen atoms in total. The number of hydrogen-bond acceptors (Lipinski definition) is 3. The van der Waals surface area contributed by atoms with Gasteiger partial charge < -0.3 is 5.32 Å². The highest BCUT2D eigenvalue weighted by Gasteiger charge is 2.60. The third kappa shape index (κ3) is 5.96. The first-order chi connectivity index (χ1) is 17.6. The molecule has 0 bridgehead atoms. The topological polar surface area (TPSA) is 53.2 Å². The molecule has 9 atom stereocenters. The summed E-state index contributed by atoms with van der Waals surface area (Å²) >= 11 is 0. The summed E-state index contributed by atoms with van der Waals surface area (Å²) in [5, 5.41) is 9.58. The summed E-state index contributed by atoms with van der Waals surface area (Å²) in [6.45, 7) is 13.4. The van der Waals surface area contributed by atoms with Crippen molar-refractivity contribution in [1.29, 1.82) is 0 Å². The first kappa shape index (κ1) is 29.4. The summed E-state index contributed by atoms with van der Waals surface area (Å²) in [6, 6.07) is 0. The van der Waals surface area contributed by atoms with E-state index in [1.54, 1.807) is 0 Å². The van der Waals surface area contributed by atoms with E-state index in [1.807, 2.05) is 14.1 Å². The molecule has 0 aliphatic heterocycles. The Balaban J connectivity index is 1.34. The number of rotatable bonds is 11. The fourth-order valence-corrected chi connectivity index (χ4v) is 10.4. The highest BCUT2D eigenvalue weighted by molar-refractivity contribution is 5.78. The molecule has 1 amide bonds. The Morgan fingerprint density at radius 2 is 1.57 bits per heavy atom. The molecule has 0 aromatic heterocycles. The predicted octanol–water partition coefficient (Wildman–Crippen LogP) is 7.16. The average molecular weight is 515 g/mol. The maximum absolute atomic E-state index is 13.1. The fraction of sp³-hybridized carbons (Fsp3) is 0.939. The number of nitrogens with one attached hydrogen (secondary N) is 3. The lowest BCUT2D eigenvalue weighted by Gasteiger charge is -2.61. The maximum atomic E-state index is 13.1. The third-order valence-corrected chi connectivity index (χ3v) is 12.5. The van der Waals surface area contributed by atoms with E-state index >= 15 is 0 Å². The van der Waals surface area contributed by atoms with E-state index < -0.39 is 0 Å². The van der Waals surface area contributed by atoms with Crippen LogP contribution in [0.5, 0.6) is 0 Å². The van der Waals surface area contributed by atoms with Crippen molar-refractivity contribution in [2.45, 2.75) is 118 Å². The lowest BCUT2D eigenvalue weighted by atomic mass is 9.44. The van der Waals surface area contributed by atoms with Crippen LogP contribution >= 0.6 is 0 Å². The zero-order chi connectivity index (χ0) is 26.8. The molecule has 1 radical (unpaired) electrons. The van der Waals surface area contributed by atoms with Crippen molar-refractivity contribution < 1.29 is 4.79 Å². The van der Waals surface area contributed by atoms with Crippen LogP contribution in [-0.4, -0.2) is 26.5 Å². The second-order valence-corrected chi connectivity index (χ2v) is 14.7. The van der Waals surface area contributed by atoms with Gasteiger partial charge in [0, 0.05) is 12.5 Å². The second-order valence-electron chi connectivity index (χ2n) is 14.7. The van der Waals surface area contributed by atoms with E-state index in [0.29, 0.717) is 16.7 Å². The second kappa shape index (κ2) is 12.3. The normalized spacial score (nSPS) is 40.2. The number of carbonyl (C=O) groups is 1. The Hall–Kier alpha value is -0.610. The molecule has 4 rings (SSSR count). The summed E-state index contributed by atoms with van der Waals surface area (Å²) in [7, 11) is 3.86. The lowest BCUT2D eigenvalue weighted by Crippen LogP contribution is -2.54. The van der Waals surface area contributed by atoms with Crippen LogP contribution in [0.3, 0.4) is 0 Å². The minimum atomic E-state index is 0.221. The Kier molecular flexibility index (Phi) is 9.75. The molecule has 0 aromatic carbocycles. The fourth-order valence-electron chi connectivity index (χ4n) is 10.4. The molecule has 4 aliphatic rings. The van der Waals surface area contributed by atoms with Gasteiger partial charge >= 0.3 is 0 Å². The number of carbonyl (C=O) groups excluding carboxylic acids is 1. The van der Waals surface area contributed by atoms with Crippen molar-refractivity contribution in [1.82, 2.24) is 16.0 Å². The monoisotopic (exact) mass is 514 g/mol. The van der Waals surface area contributed by atoms with Crippen molar-refractivity contribution in [3.8, 4) is 0 Å². The van der Waals surface area contributed by atoms with Crippen LogP contribution in [-0.2, 0) is 4.79 Å². The van der Waals surface area contributed by atoms with Crippen molar-refractivity contribution in [2.75, 3.05) is 20.6 Å². The molecule has 4 heteroatoms. The van der Waals surface area contributed by atoms with Gasteiger partial charge in [0.2, 0.25) is 5.91 Å². The Bertz CT molecular complexity index is 750. The van der Waals surface area contributed by atoms with Crippen molar-refractivity contribution in [3.05, 3.63) is 6.17 Å². The number of amides is 1. The van der Waals surface area contributed by atoms with E-state index in [1.165, 1.54) is 64.2 Å². The van der Waals surface area contributed by atoms with Gasteiger partial charge in [-0.05, 0) is 131 Å². The Labute approximate surface area is 229 Å². The third-order valence-electron chi connectivity index (χ3n) is 12.5. The minimum Gasteiger partial charge on any atom is -0.356 e. The van der Waals surface area contributed by atoms with Crippen molar-refractivity contribution >= 4 is 5.91 Å². The number of hydrogen-bond donors (Lipinski definition) is 3. The summed E-state index contributed by atoms with van der Waals surface area (Å²) < 4.78 is 0. The molecule has 4 aliphatic carbocycles. The zero-order valence-electron chi connectivity index (χ0n) is 25.4. The largest absolute Gasteiger partial charge is 0.356 e. The van der Waals surface area contributed by atoms with Crippen LogP contribution in [0.1, 0.15) is 118 Å². The molecule has 0 aromatic rings. The minimum absolute atomic E-state index is 0.221. The van der Waals surface area contributed by atoms with E-state index in [4.69, 9.17) is 0 Å². The first-order valence-electron chi connectivity index (χ1n) is 16.1. The van der Waals surface area contributed by atoms with E-state index in [2.05, 4.69) is 50.6 Å². The predicted molar refractivity (Wildman–Crippen MR) is 156 cm³/mol. The van der Waals surface area contributed by atoms with Crippen LogP contribution in [0, 0.1) is 64.3 Å². The van der Waals surface area contributed by atoms with Crippen LogP contribution in [0.2, 0.25) is 0 Å². The maximum Gasteiger partial charge on any atom is 0.223 e. The summed E-state index contributed by atoms with van der Waals surface area (Å²) in [6.07, 6.45) is 18.3. The van der Waals surface area contributed by atoms with Gasteiger partial charge in [-0.3, -0.25) is 15.4 Å². The van der Waals surface area contributed by atoms with Crippen LogP contribution in [0.15, 0.2) is 0 Å². The van der Waals surface area contributed by atoms with E-state index in [0.717, 1.165) is 73.4 Å². The van der Waals surface area contributed by atoms with Crippen molar-refractivity contribution in [2.24, 2.45) is 58.2 Å². The van der Waals surface area contributed by atoms with Gasteiger partial charge in [0.05, 0.1) is 0 Å².